The number of hydrogen-bond donors (Lipinski definition) is 1. The molecular weight excluding hydrogens is 260 g/mol. The average molecular weight is 288 g/mol. The molecule has 2 fully saturated rings. The highest BCUT2D eigenvalue weighted by molar-refractivity contribution is 5.21. The number of rotatable bonds is 4. The molecule has 3 nitrogen and oxygen atoms in total. The molecule has 1 heterocycles. The summed E-state index contributed by atoms with van der Waals surface area (Å²) in [4.78, 5) is 2.66. The van der Waals surface area contributed by atoms with E-state index in [9.17, 15) is 0 Å². The molecule has 4 atom stereocenters. The Balaban J connectivity index is 1.84. The third-order valence-corrected chi connectivity index (χ3v) is 5.14. The van der Waals surface area contributed by atoms with Crippen LogP contribution in [0, 0.1) is 5.92 Å². The van der Waals surface area contributed by atoms with Crippen LogP contribution in [-0.2, 0) is 4.74 Å². The van der Waals surface area contributed by atoms with E-state index >= 15 is 0 Å². The van der Waals surface area contributed by atoms with Gasteiger partial charge < -0.3 is 10.5 Å². The molecule has 1 aromatic rings. The molecule has 0 aromatic heterocycles. The van der Waals surface area contributed by atoms with Crippen LogP contribution in [0.3, 0.4) is 0 Å². The summed E-state index contributed by atoms with van der Waals surface area (Å²) in [6.07, 6.45) is 4.20. The topological polar surface area (TPSA) is 38.5 Å². The zero-order valence-corrected chi connectivity index (χ0v) is 13.2. The van der Waals surface area contributed by atoms with Crippen LogP contribution in [0.25, 0.3) is 0 Å². The number of hydrogen-bond acceptors (Lipinski definition) is 3. The molecule has 1 aliphatic carbocycles. The smallest absolute Gasteiger partial charge is 0.0731 e. The maximum atomic E-state index is 6.67. The molecular formula is C18H28N2O. The molecule has 1 saturated heterocycles. The Bertz CT molecular complexity index is 448. The molecule has 116 valence electrons. The molecule has 21 heavy (non-hydrogen) atoms. The molecule has 0 bridgehead atoms. The van der Waals surface area contributed by atoms with Crippen molar-refractivity contribution in [1.82, 2.24) is 4.90 Å². The molecule has 2 aliphatic rings. The zero-order chi connectivity index (χ0) is 14.8. The minimum absolute atomic E-state index is 0.0746. The summed E-state index contributed by atoms with van der Waals surface area (Å²) in [6.45, 7) is 6.47. The summed E-state index contributed by atoms with van der Waals surface area (Å²) in [7, 11) is 0. The van der Waals surface area contributed by atoms with Crippen molar-refractivity contribution in [3.05, 3.63) is 35.9 Å². The van der Waals surface area contributed by atoms with Gasteiger partial charge in [-0.1, -0.05) is 44.2 Å². The molecule has 4 unspecified atom stereocenters. The van der Waals surface area contributed by atoms with E-state index in [2.05, 4.69) is 49.1 Å². The van der Waals surface area contributed by atoms with Crippen molar-refractivity contribution in [2.75, 3.05) is 13.2 Å². The second-order valence-electron chi connectivity index (χ2n) is 6.82. The lowest BCUT2D eigenvalue weighted by atomic mass is 9.88. The third kappa shape index (κ3) is 3.01. The second-order valence-corrected chi connectivity index (χ2v) is 6.82. The number of nitrogens with two attached hydrogens (primary N) is 1. The first-order valence-electron chi connectivity index (χ1n) is 8.36. The van der Waals surface area contributed by atoms with Crippen LogP contribution in [0.15, 0.2) is 30.3 Å². The Morgan fingerprint density at radius 1 is 1.19 bits per heavy atom. The van der Waals surface area contributed by atoms with E-state index in [0.717, 1.165) is 13.2 Å². The summed E-state index contributed by atoms with van der Waals surface area (Å²) in [5.74, 6) is 0.541. The highest BCUT2D eigenvalue weighted by Crippen LogP contribution is 2.35. The Morgan fingerprint density at radius 2 is 1.95 bits per heavy atom. The minimum Gasteiger partial charge on any atom is -0.375 e. The maximum Gasteiger partial charge on any atom is 0.0731 e. The van der Waals surface area contributed by atoms with E-state index in [-0.39, 0.29) is 6.04 Å². The minimum atomic E-state index is 0.0746. The first kappa shape index (κ1) is 15.0. The highest BCUT2D eigenvalue weighted by Gasteiger charge is 2.41. The van der Waals surface area contributed by atoms with Crippen molar-refractivity contribution in [2.24, 2.45) is 11.7 Å². The molecule has 1 aliphatic heterocycles. The van der Waals surface area contributed by atoms with Crippen molar-refractivity contribution >= 4 is 0 Å². The Morgan fingerprint density at radius 3 is 2.67 bits per heavy atom. The van der Waals surface area contributed by atoms with Crippen LogP contribution in [0.5, 0.6) is 0 Å². The summed E-state index contributed by atoms with van der Waals surface area (Å²) in [5.41, 5.74) is 7.92. The van der Waals surface area contributed by atoms with Gasteiger partial charge in [0.05, 0.1) is 12.7 Å². The lowest BCUT2D eigenvalue weighted by molar-refractivity contribution is -0.0826. The molecule has 3 heteroatoms. The average Bonchev–Trinajstić information content (AvgIpc) is 2.97. The van der Waals surface area contributed by atoms with Gasteiger partial charge in [-0.15, -0.1) is 0 Å². The van der Waals surface area contributed by atoms with Gasteiger partial charge in [-0.2, -0.15) is 0 Å². The van der Waals surface area contributed by atoms with E-state index in [1.807, 2.05) is 0 Å². The standard InChI is InChI=1S/C18H28N2O/c1-13(2)18(17(19)14-7-4-3-5-8-14)20-11-12-21-16-10-6-9-15(16)20/h3-5,7-8,13,15-18H,6,9-12,19H2,1-2H3. The second kappa shape index (κ2) is 6.47. The van der Waals surface area contributed by atoms with Crippen LogP contribution >= 0.6 is 0 Å². The lowest BCUT2D eigenvalue weighted by Crippen LogP contribution is -2.57. The molecule has 1 saturated carbocycles. The summed E-state index contributed by atoms with van der Waals surface area (Å²) < 4.78 is 5.96. The number of fused-ring (bicyclic) bond motifs is 1. The van der Waals surface area contributed by atoms with Crippen molar-refractivity contribution in [3.63, 3.8) is 0 Å². The number of benzene rings is 1. The monoisotopic (exact) mass is 288 g/mol. The largest absolute Gasteiger partial charge is 0.375 e. The Labute approximate surface area is 128 Å². The molecule has 0 amide bonds. The number of morpholine rings is 1. The van der Waals surface area contributed by atoms with Crippen molar-refractivity contribution < 1.29 is 4.74 Å². The lowest BCUT2D eigenvalue weighted by Gasteiger charge is -2.46. The van der Waals surface area contributed by atoms with Gasteiger partial charge in [-0.05, 0) is 30.7 Å². The fraction of sp³-hybridized carbons (Fsp3) is 0.667. The Kier molecular flexibility index (Phi) is 4.63. The predicted molar refractivity (Wildman–Crippen MR) is 86.1 cm³/mol. The van der Waals surface area contributed by atoms with Crippen LogP contribution < -0.4 is 5.73 Å². The van der Waals surface area contributed by atoms with Gasteiger partial charge in [0.25, 0.3) is 0 Å². The van der Waals surface area contributed by atoms with Crippen LogP contribution in [0.4, 0.5) is 0 Å². The van der Waals surface area contributed by atoms with Crippen LogP contribution in [0.1, 0.15) is 44.7 Å². The molecule has 2 N–H and O–H groups in total. The van der Waals surface area contributed by atoms with Gasteiger partial charge in [0.15, 0.2) is 0 Å². The first-order valence-corrected chi connectivity index (χ1v) is 8.36. The molecule has 3 rings (SSSR count). The van der Waals surface area contributed by atoms with Crippen molar-refractivity contribution in [2.45, 2.75) is 57.3 Å². The molecule has 1 aromatic carbocycles. The SMILES string of the molecule is CC(C)C(C(N)c1ccccc1)N1CCOC2CCCC21. The highest BCUT2D eigenvalue weighted by atomic mass is 16.5. The maximum absolute atomic E-state index is 6.67. The van der Waals surface area contributed by atoms with E-state index in [1.165, 1.54) is 24.8 Å². The van der Waals surface area contributed by atoms with Gasteiger partial charge in [-0.3, -0.25) is 4.90 Å². The quantitative estimate of drug-likeness (QED) is 0.925. The fourth-order valence-electron chi connectivity index (χ4n) is 4.20. The van der Waals surface area contributed by atoms with Gasteiger partial charge in [-0.25, -0.2) is 0 Å². The van der Waals surface area contributed by atoms with Gasteiger partial charge in [0.2, 0.25) is 0 Å². The molecule has 0 spiro atoms. The van der Waals surface area contributed by atoms with E-state index in [4.69, 9.17) is 10.5 Å². The third-order valence-electron chi connectivity index (χ3n) is 5.14. The van der Waals surface area contributed by atoms with Crippen molar-refractivity contribution in [3.8, 4) is 0 Å². The van der Waals surface area contributed by atoms with Crippen LogP contribution in [0.2, 0.25) is 0 Å². The van der Waals surface area contributed by atoms with E-state index in [0.29, 0.717) is 24.1 Å². The molecule has 0 radical (unpaired) electrons. The van der Waals surface area contributed by atoms with Crippen LogP contribution in [-0.4, -0.2) is 36.2 Å². The fourth-order valence-corrected chi connectivity index (χ4v) is 4.20. The Hall–Kier alpha value is -0.900. The normalized spacial score (nSPS) is 29.3. The van der Waals surface area contributed by atoms with Crippen molar-refractivity contribution in [1.29, 1.82) is 0 Å². The summed E-state index contributed by atoms with van der Waals surface area (Å²) >= 11 is 0. The summed E-state index contributed by atoms with van der Waals surface area (Å²) in [6, 6.07) is 11.6. The first-order chi connectivity index (χ1) is 10.2. The van der Waals surface area contributed by atoms with Gasteiger partial charge in [0, 0.05) is 24.7 Å². The van der Waals surface area contributed by atoms with E-state index in [1.54, 1.807) is 0 Å². The zero-order valence-electron chi connectivity index (χ0n) is 13.2. The van der Waals surface area contributed by atoms with E-state index < -0.39 is 0 Å². The predicted octanol–water partition coefficient (Wildman–Crippen LogP) is 2.96. The van der Waals surface area contributed by atoms with Gasteiger partial charge in [0.1, 0.15) is 0 Å². The number of nitrogens with zero attached hydrogens (tertiary/aromatic N) is 1. The van der Waals surface area contributed by atoms with Gasteiger partial charge >= 0.3 is 0 Å². The summed E-state index contributed by atoms with van der Waals surface area (Å²) in [5, 5.41) is 0. The number of ether oxygens (including phenoxy) is 1.